The molecule has 1 aromatic heterocycles. The van der Waals surface area contributed by atoms with Crippen LogP contribution in [0.2, 0.25) is 0 Å². The van der Waals surface area contributed by atoms with E-state index in [2.05, 4.69) is 28.1 Å². The molecule has 1 fully saturated rings. The third-order valence-electron chi connectivity index (χ3n) is 12.4. The normalized spacial score (nSPS) is 19.1. The molecule has 2 unspecified atom stereocenters. The number of benzene rings is 3. The van der Waals surface area contributed by atoms with Crippen molar-refractivity contribution in [3.05, 3.63) is 92.9 Å². The second-order valence-corrected chi connectivity index (χ2v) is 19.0. The lowest BCUT2D eigenvalue weighted by atomic mass is 9.95. The van der Waals surface area contributed by atoms with Crippen LogP contribution in [0.5, 0.6) is 0 Å². The van der Waals surface area contributed by atoms with Gasteiger partial charge in [0.05, 0.1) is 27.7 Å². The molecule has 7 N–H and O–H groups in total. The molecule has 0 bridgehead atoms. The number of sulfone groups is 1. The third kappa shape index (κ3) is 9.91. The van der Waals surface area contributed by atoms with E-state index in [1.807, 2.05) is 18.2 Å². The van der Waals surface area contributed by atoms with Crippen LogP contribution in [-0.2, 0) is 77.9 Å². The number of rotatable bonds is 17. The Morgan fingerprint density at radius 3 is 2.22 bits per heavy atom. The van der Waals surface area contributed by atoms with Crippen molar-refractivity contribution in [3.8, 4) is 0 Å². The lowest BCUT2D eigenvalue weighted by molar-refractivity contribution is -0.136. The van der Waals surface area contributed by atoms with Crippen LogP contribution in [0.15, 0.2) is 64.3 Å². The summed E-state index contributed by atoms with van der Waals surface area (Å²) < 4.78 is 26.7. The topological polar surface area (TPSA) is 255 Å². The molecule has 7 rings (SSSR count). The highest BCUT2D eigenvalue weighted by Crippen LogP contribution is 2.40. The molecule has 4 aromatic rings. The second-order valence-electron chi connectivity index (χ2n) is 17.0. The van der Waals surface area contributed by atoms with E-state index in [1.165, 1.54) is 21.6 Å². The molecule has 3 aromatic carbocycles. The van der Waals surface area contributed by atoms with Crippen molar-refractivity contribution in [2.24, 2.45) is 18.5 Å². The van der Waals surface area contributed by atoms with Crippen molar-refractivity contribution >= 4 is 62.0 Å². The van der Waals surface area contributed by atoms with Crippen molar-refractivity contribution < 1.29 is 37.2 Å². The number of nitrogens with one attached hydrogen (secondary N) is 3. The number of hydrogen-bond acceptors (Lipinski definition) is 10. The first-order valence-electron chi connectivity index (χ1n) is 21.4. The highest BCUT2D eigenvalue weighted by Gasteiger charge is 2.44. The average Bonchev–Trinajstić information content (AvgIpc) is 3.71. The van der Waals surface area contributed by atoms with E-state index in [-0.39, 0.29) is 61.0 Å². The van der Waals surface area contributed by atoms with Crippen LogP contribution in [0.3, 0.4) is 0 Å². The lowest BCUT2D eigenvalue weighted by Gasteiger charge is -2.28. The monoisotopic (exact) mass is 882 g/mol. The maximum atomic E-state index is 14.1. The van der Waals surface area contributed by atoms with Gasteiger partial charge in [-0.2, -0.15) is 0 Å². The summed E-state index contributed by atoms with van der Waals surface area (Å²) in [5, 5.41) is 7.87. The SMILES string of the molecule is Cn1c(=O)n(C2CCC(=O)NC2=O)c2ccc(CCCCCCc3cc4c5c(c3)C[C@@H](C(=O)NC(CCC(N)=O)C(=O)NCc3ccc(S(C)(=O)=O)cc3)N5C(=O)[C@@H](N)CC4)cc21. The maximum Gasteiger partial charge on any atom is 0.329 e. The van der Waals surface area contributed by atoms with Gasteiger partial charge in [-0.05, 0) is 103 Å². The molecule has 4 heterocycles. The standard InChI is InChI=1S/C45H54N8O9S/c1-51-36-23-26(11-17-34(36)52(45(51)60)35-18-20-39(55)50-42(35)57)7-5-3-4-6-8-28-21-29-12-15-32(46)44(59)53-37(24-30(22-28)40(29)53)43(58)49-33(16-19-38(47)54)41(56)48-25-27-9-13-31(14-10-27)63(2,61)62/h9-11,13-14,17,21-23,32-33,35,37H,3-8,12,15-16,18-20,24-25,46H2,1-2H3,(H2,47,54)(H,48,56)(H,49,58)(H,50,55,57)/t32-,33?,35?,37-/m0/s1. The van der Waals surface area contributed by atoms with Crippen molar-refractivity contribution in [1.29, 1.82) is 0 Å². The Labute approximate surface area is 364 Å². The fourth-order valence-electron chi connectivity index (χ4n) is 8.97. The van der Waals surface area contributed by atoms with Crippen LogP contribution in [-0.4, -0.2) is 77.4 Å². The summed E-state index contributed by atoms with van der Waals surface area (Å²) in [4.78, 5) is 91.9. The first kappa shape index (κ1) is 44.9. The van der Waals surface area contributed by atoms with Crippen LogP contribution in [0.25, 0.3) is 11.0 Å². The number of fused-ring (bicyclic) bond motifs is 1. The lowest BCUT2D eigenvalue weighted by Crippen LogP contribution is -2.56. The molecule has 1 saturated heterocycles. The van der Waals surface area contributed by atoms with E-state index in [1.54, 1.807) is 23.7 Å². The fraction of sp³-hybridized carbons (Fsp3) is 0.444. The predicted molar refractivity (Wildman–Crippen MR) is 234 cm³/mol. The van der Waals surface area contributed by atoms with Crippen LogP contribution < -0.4 is 38.0 Å². The number of piperidine rings is 1. The number of imidazole rings is 1. The van der Waals surface area contributed by atoms with Gasteiger partial charge < -0.3 is 22.1 Å². The largest absolute Gasteiger partial charge is 0.370 e. The van der Waals surface area contributed by atoms with Gasteiger partial charge in [0.2, 0.25) is 35.4 Å². The predicted octanol–water partition coefficient (Wildman–Crippen LogP) is 1.66. The van der Waals surface area contributed by atoms with Crippen molar-refractivity contribution in [2.75, 3.05) is 11.2 Å². The highest BCUT2D eigenvalue weighted by atomic mass is 32.2. The molecule has 63 heavy (non-hydrogen) atoms. The number of carbonyl (C=O) groups excluding carboxylic acids is 6. The number of unbranched alkanes of at least 4 members (excludes halogenated alkanes) is 3. The first-order valence-corrected chi connectivity index (χ1v) is 23.3. The molecule has 18 heteroatoms. The number of aryl methyl sites for hydroxylation is 4. The molecule has 334 valence electrons. The van der Waals surface area contributed by atoms with Crippen molar-refractivity contribution in [1.82, 2.24) is 25.1 Å². The summed E-state index contributed by atoms with van der Waals surface area (Å²) in [6.07, 6.45) is 7.95. The number of anilines is 1. The molecule has 0 aliphatic carbocycles. The van der Waals surface area contributed by atoms with Gasteiger partial charge in [0.25, 0.3) is 0 Å². The van der Waals surface area contributed by atoms with E-state index in [0.717, 1.165) is 72.6 Å². The van der Waals surface area contributed by atoms with Gasteiger partial charge in [0, 0.05) is 39.1 Å². The molecule has 3 aliphatic rings. The fourth-order valence-corrected chi connectivity index (χ4v) is 9.60. The number of aromatic nitrogens is 2. The van der Waals surface area contributed by atoms with Gasteiger partial charge >= 0.3 is 5.69 Å². The Kier molecular flexibility index (Phi) is 13.3. The Morgan fingerprint density at radius 2 is 1.54 bits per heavy atom. The Bertz CT molecular complexity index is 2650. The summed E-state index contributed by atoms with van der Waals surface area (Å²) in [5.74, 6) is -2.94. The molecule has 0 spiro atoms. The third-order valence-corrected chi connectivity index (χ3v) is 13.5. The molecule has 17 nitrogen and oxygen atoms in total. The quantitative estimate of drug-likeness (QED) is 0.0758. The number of hydrogen-bond donors (Lipinski definition) is 5. The zero-order chi connectivity index (χ0) is 45.2. The molecule has 0 saturated carbocycles. The summed E-state index contributed by atoms with van der Waals surface area (Å²) in [6, 6.07) is 12.4. The summed E-state index contributed by atoms with van der Waals surface area (Å²) in [6.45, 7) is 0.0382. The molecular formula is C45H54N8O9S. The Morgan fingerprint density at radius 1 is 0.857 bits per heavy atom. The van der Waals surface area contributed by atoms with Crippen LogP contribution >= 0.6 is 0 Å². The second kappa shape index (κ2) is 18.7. The number of imide groups is 1. The van der Waals surface area contributed by atoms with Gasteiger partial charge in [-0.25, -0.2) is 13.2 Å². The molecule has 4 atom stereocenters. The zero-order valence-corrected chi connectivity index (χ0v) is 36.3. The Hall–Kier alpha value is -6.14. The van der Waals surface area contributed by atoms with Gasteiger partial charge in [0.1, 0.15) is 18.1 Å². The minimum absolute atomic E-state index is 0.0382. The first-order chi connectivity index (χ1) is 30.0. The van der Waals surface area contributed by atoms with Gasteiger partial charge in [-0.1, -0.05) is 43.2 Å². The van der Waals surface area contributed by atoms with Crippen LogP contribution in [0.4, 0.5) is 5.69 Å². The van der Waals surface area contributed by atoms with Gasteiger partial charge in [-0.3, -0.25) is 48.1 Å². The minimum atomic E-state index is -3.40. The Balaban J connectivity index is 0.963. The van der Waals surface area contributed by atoms with Gasteiger partial charge in [-0.15, -0.1) is 0 Å². The average molecular weight is 883 g/mol. The number of amides is 6. The number of nitrogens with two attached hydrogens (primary N) is 2. The minimum Gasteiger partial charge on any atom is -0.370 e. The maximum absolute atomic E-state index is 14.1. The summed E-state index contributed by atoms with van der Waals surface area (Å²) in [5.41, 5.74) is 18.2. The summed E-state index contributed by atoms with van der Waals surface area (Å²) >= 11 is 0. The van der Waals surface area contributed by atoms with Crippen molar-refractivity contribution in [3.63, 3.8) is 0 Å². The van der Waals surface area contributed by atoms with E-state index < -0.39 is 57.6 Å². The molecule has 6 amide bonds. The molecule has 3 aliphatic heterocycles. The highest BCUT2D eigenvalue weighted by molar-refractivity contribution is 7.90. The zero-order valence-electron chi connectivity index (χ0n) is 35.5. The number of primary amides is 1. The molecular weight excluding hydrogens is 829 g/mol. The van der Waals surface area contributed by atoms with Crippen LogP contribution in [0, 0.1) is 0 Å². The van der Waals surface area contributed by atoms with E-state index in [9.17, 15) is 42.0 Å². The summed E-state index contributed by atoms with van der Waals surface area (Å²) in [7, 11) is -1.71. The number of nitrogens with zero attached hydrogens (tertiary/aromatic N) is 3. The molecule has 0 radical (unpaired) electrons. The smallest absolute Gasteiger partial charge is 0.329 e. The van der Waals surface area contributed by atoms with E-state index in [0.29, 0.717) is 29.6 Å². The van der Waals surface area contributed by atoms with Crippen LogP contribution in [0.1, 0.15) is 91.6 Å². The van der Waals surface area contributed by atoms with E-state index >= 15 is 0 Å². The van der Waals surface area contributed by atoms with Gasteiger partial charge in [0.15, 0.2) is 9.84 Å². The van der Waals surface area contributed by atoms with E-state index in [4.69, 9.17) is 11.5 Å². The number of carbonyl (C=O) groups is 6. The van der Waals surface area contributed by atoms with Crippen molar-refractivity contribution in [2.45, 2.75) is 119 Å².